The molecule has 1 aliphatic heterocycles. The molecule has 1 saturated heterocycles. The molecule has 0 bridgehead atoms. The Labute approximate surface area is 101 Å². The minimum absolute atomic E-state index is 0.899. The molecule has 4 heteroatoms. The van der Waals surface area contributed by atoms with Crippen molar-refractivity contribution in [1.82, 2.24) is 9.88 Å². The summed E-state index contributed by atoms with van der Waals surface area (Å²) in [7, 11) is 0. The molecule has 1 aromatic rings. The van der Waals surface area contributed by atoms with Crippen LogP contribution in [-0.2, 0) is 6.54 Å². The Morgan fingerprint density at radius 2 is 2.06 bits per heavy atom. The lowest BCUT2D eigenvalue weighted by molar-refractivity contribution is 0.290. The van der Waals surface area contributed by atoms with E-state index in [9.17, 15) is 0 Å². The van der Waals surface area contributed by atoms with Gasteiger partial charge in [-0.1, -0.05) is 0 Å². The first-order valence-corrected chi connectivity index (χ1v) is 6.84. The molecule has 0 aliphatic carbocycles. The standard InChI is InChI=1S/C12H19N3S/c1-9-7-14-11(10(2)12(9)13)8-15-3-5-16-6-4-15/h7H,3-6,8H2,1-2H3,(H2,13,14). The topological polar surface area (TPSA) is 42.2 Å². The quantitative estimate of drug-likeness (QED) is 0.852. The first-order valence-electron chi connectivity index (χ1n) is 5.69. The van der Waals surface area contributed by atoms with Crippen molar-refractivity contribution in [2.45, 2.75) is 20.4 Å². The van der Waals surface area contributed by atoms with Crippen molar-refractivity contribution in [2.75, 3.05) is 30.3 Å². The van der Waals surface area contributed by atoms with Crippen LogP contribution in [0.15, 0.2) is 6.20 Å². The smallest absolute Gasteiger partial charge is 0.0593 e. The second kappa shape index (κ2) is 5.06. The van der Waals surface area contributed by atoms with Crippen LogP contribution in [0.3, 0.4) is 0 Å². The van der Waals surface area contributed by atoms with Gasteiger partial charge in [-0.2, -0.15) is 11.8 Å². The zero-order valence-electron chi connectivity index (χ0n) is 9.99. The summed E-state index contributed by atoms with van der Waals surface area (Å²) in [6.07, 6.45) is 1.89. The summed E-state index contributed by atoms with van der Waals surface area (Å²) in [4.78, 5) is 6.96. The van der Waals surface area contributed by atoms with Crippen molar-refractivity contribution in [1.29, 1.82) is 0 Å². The Hall–Kier alpha value is -0.740. The predicted octanol–water partition coefficient (Wildman–Crippen LogP) is 1.83. The maximum atomic E-state index is 6.03. The van der Waals surface area contributed by atoms with Gasteiger partial charge in [0.1, 0.15) is 0 Å². The van der Waals surface area contributed by atoms with Gasteiger partial charge in [0.25, 0.3) is 0 Å². The summed E-state index contributed by atoms with van der Waals surface area (Å²) in [5, 5.41) is 0. The van der Waals surface area contributed by atoms with Gasteiger partial charge in [-0.15, -0.1) is 0 Å². The number of nitrogen functional groups attached to an aromatic ring is 1. The molecule has 1 fully saturated rings. The number of hydrogen-bond donors (Lipinski definition) is 1. The molecule has 3 nitrogen and oxygen atoms in total. The molecule has 0 amide bonds. The van der Waals surface area contributed by atoms with Crippen molar-refractivity contribution in [3.63, 3.8) is 0 Å². The van der Waals surface area contributed by atoms with Gasteiger partial charge in [0, 0.05) is 43.0 Å². The summed E-state index contributed by atoms with van der Waals surface area (Å²) in [5.74, 6) is 2.47. The number of aromatic nitrogens is 1. The molecule has 2 heterocycles. The van der Waals surface area contributed by atoms with E-state index in [4.69, 9.17) is 5.73 Å². The third-order valence-electron chi connectivity index (χ3n) is 3.15. The molecule has 0 unspecified atom stereocenters. The third kappa shape index (κ3) is 2.50. The number of thioether (sulfide) groups is 1. The van der Waals surface area contributed by atoms with Crippen LogP contribution < -0.4 is 5.73 Å². The van der Waals surface area contributed by atoms with Gasteiger partial charge in [0.2, 0.25) is 0 Å². The van der Waals surface area contributed by atoms with E-state index in [1.807, 2.05) is 24.9 Å². The van der Waals surface area contributed by atoms with Gasteiger partial charge in [-0.3, -0.25) is 9.88 Å². The van der Waals surface area contributed by atoms with Crippen molar-refractivity contribution in [2.24, 2.45) is 0 Å². The van der Waals surface area contributed by atoms with Gasteiger partial charge < -0.3 is 5.73 Å². The molecule has 2 N–H and O–H groups in total. The fraction of sp³-hybridized carbons (Fsp3) is 0.583. The van der Waals surface area contributed by atoms with Crippen molar-refractivity contribution in [3.8, 4) is 0 Å². The highest BCUT2D eigenvalue weighted by Crippen LogP contribution is 2.20. The van der Waals surface area contributed by atoms with E-state index in [2.05, 4.69) is 16.8 Å². The monoisotopic (exact) mass is 237 g/mol. The number of nitrogens with two attached hydrogens (primary N) is 1. The van der Waals surface area contributed by atoms with Crippen LogP contribution >= 0.6 is 11.8 Å². The first kappa shape index (κ1) is 11.7. The minimum atomic E-state index is 0.899. The number of anilines is 1. The average molecular weight is 237 g/mol. The molecule has 0 atom stereocenters. The van der Waals surface area contributed by atoms with Gasteiger partial charge in [0.05, 0.1) is 5.69 Å². The molecular weight excluding hydrogens is 218 g/mol. The maximum Gasteiger partial charge on any atom is 0.0593 e. The lowest BCUT2D eigenvalue weighted by Gasteiger charge is -2.26. The largest absolute Gasteiger partial charge is 0.398 e. The van der Waals surface area contributed by atoms with E-state index in [0.717, 1.165) is 29.1 Å². The van der Waals surface area contributed by atoms with Gasteiger partial charge in [-0.25, -0.2) is 0 Å². The van der Waals surface area contributed by atoms with Crippen molar-refractivity contribution in [3.05, 3.63) is 23.0 Å². The van der Waals surface area contributed by atoms with E-state index in [-0.39, 0.29) is 0 Å². The van der Waals surface area contributed by atoms with Crippen LogP contribution in [0, 0.1) is 13.8 Å². The Balaban J connectivity index is 2.11. The fourth-order valence-electron chi connectivity index (χ4n) is 1.92. The van der Waals surface area contributed by atoms with Gasteiger partial charge in [-0.05, 0) is 25.0 Å². The fourth-order valence-corrected chi connectivity index (χ4v) is 2.90. The summed E-state index contributed by atoms with van der Waals surface area (Å²) >= 11 is 2.03. The second-order valence-corrected chi connectivity index (χ2v) is 5.54. The molecular formula is C12H19N3S. The van der Waals surface area contributed by atoms with E-state index in [1.165, 1.54) is 24.6 Å². The molecule has 0 aromatic carbocycles. The Morgan fingerprint density at radius 1 is 1.38 bits per heavy atom. The SMILES string of the molecule is Cc1cnc(CN2CCSCC2)c(C)c1N. The van der Waals surface area contributed by atoms with Crippen LogP contribution in [0.1, 0.15) is 16.8 Å². The molecule has 16 heavy (non-hydrogen) atoms. The first-order chi connectivity index (χ1) is 7.68. The van der Waals surface area contributed by atoms with Crippen LogP contribution in [0.5, 0.6) is 0 Å². The van der Waals surface area contributed by atoms with Crippen LogP contribution in [0.4, 0.5) is 5.69 Å². The highest BCUT2D eigenvalue weighted by Gasteiger charge is 2.13. The highest BCUT2D eigenvalue weighted by molar-refractivity contribution is 7.99. The minimum Gasteiger partial charge on any atom is -0.398 e. The third-order valence-corrected chi connectivity index (χ3v) is 4.10. The summed E-state index contributed by atoms with van der Waals surface area (Å²) in [6, 6.07) is 0. The highest BCUT2D eigenvalue weighted by atomic mass is 32.2. The van der Waals surface area contributed by atoms with Crippen molar-refractivity contribution >= 4 is 17.4 Å². The van der Waals surface area contributed by atoms with Crippen LogP contribution in [0.25, 0.3) is 0 Å². The molecule has 0 radical (unpaired) electrons. The van der Waals surface area contributed by atoms with Crippen molar-refractivity contribution < 1.29 is 0 Å². The maximum absolute atomic E-state index is 6.03. The normalized spacial score (nSPS) is 17.6. The van der Waals surface area contributed by atoms with Crippen LogP contribution in [-0.4, -0.2) is 34.5 Å². The zero-order valence-corrected chi connectivity index (χ0v) is 10.8. The molecule has 0 saturated carbocycles. The molecule has 1 aromatic heterocycles. The number of hydrogen-bond acceptors (Lipinski definition) is 4. The molecule has 0 spiro atoms. The average Bonchev–Trinajstić information content (AvgIpc) is 2.31. The van der Waals surface area contributed by atoms with Crippen LogP contribution in [0.2, 0.25) is 0 Å². The van der Waals surface area contributed by atoms with Gasteiger partial charge in [0.15, 0.2) is 0 Å². The predicted molar refractivity (Wildman–Crippen MR) is 70.7 cm³/mol. The Morgan fingerprint density at radius 3 is 2.75 bits per heavy atom. The van der Waals surface area contributed by atoms with E-state index in [1.54, 1.807) is 0 Å². The summed E-state index contributed by atoms with van der Waals surface area (Å²) in [6.45, 7) is 7.36. The van der Waals surface area contributed by atoms with E-state index in [0.29, 0.717) is 0 Å². The lowest BCUT2D eigenvalue weighted by Crippen LogP contribution is -2.32. The number of nitrogens with zero attached hydrogens (tertiary/aromatic N) is 2. The lowest BCUT2D eigenvalue weighted by atomic mass is 10.1. The Kier molecular flexibility index (Phi) is 3.71. The summed E-state index contributed by atoms with van der Waals surface area (Å²) in [5.41, 5.74) is 10.3. The Bertz CT molecular complexity index is 373. The summed E-state index contributed by atoms with van der Waals surface area (Å²) < 4.78 is 0. The van der Waals surface area contributed by atoms with E-state index < -0.39 is 0 Å². The molecule has 2 rings (SSSR count). The second-order valence-electron chi connectivity index (χ2n) is 4.32. The number of pyridine rings is 1. The van der Waals surface area contributed by atoms with Gasteiger partial charge >= 0.3 is 0 Å². The molecule has 1 aliphatic rings. The number of aryl methyl sites for hydroxylation is 1. The molecule has 88 valence electrons. The zero-order chi connectivity index (χ0) is 11.5. The van der Waals surface area contributed by atoms with E-state index >= 15 is 0 Å². The number of rotatable bonds is 2.